The minimum atomic E-state index is -0.872. The van der Waals surface area contributed by atoms with Gasteiger partial charge in [-0.15, -0.1) is 12.4 Å². The SMILES string of the molecule is Cl.N#C[C@@]1(C2CC2)CCN(c2ccnc(Nc3ccc(C(N)=O)cn3)c2)C1=O. The van der Waals surface area contributed by atoms with Crippen molar-refractivity contribution in [1.82, 2.24) is 9.97 Å². The Bertz CT molecular complexity index is 954. The third kappa shape index (κ3) is 3.37. The Kier molecular flexibility index (Phi) is 5.21. The second kappa shape index (κ2) is 7.44. The number of nitrogens with one attached hydrogen (secondary N) is 1. The molecular weight excluding hydrogens is 380 g/mol. The molecule has 0 aromatic carbocycles. The van der Waals surface area contributed by atoms with Crippen LogP contribution >= 0.6 is 12.4 Å². The summed E-state index contributed by atoms with van der Waals surface area (Å²) >= 11 is 0. The molecule has 1 aliphatic heterocycles. The van der Waals surface area contributed by atoms with Gasteiger partial charge in [0.15, 0.2) is 0 Å². The van der Waals surface area contributed by atoms with Crippen molar-refractivity contribution < 1.29 is 9.59 Å². The van der Waals surface area contributed by atoms with Crippen LogP contribution in [0.4, 0.5) is 17.3 Å². The molecule has 2 aromatic heterocycles. The van der Waals surface area contributed by atoms with Gasteiger partial charge in [0.1, 0.15) is 17.1 Å². The maximum Gasteiger partial charge on any atom is 0.250 e. The van der Waals surface area contributed by atoms with E-state index in [0.717, 1.165) is 12.8 Å². The predicted octanol–water partition coefficient (Wildman–Crippen LogP) is 2.40. The molecule has 0 unspecified atom stereocenters. The molecular formula is C19H19ClN6O2. The number of aromatic nitrogens is 2. The Labute approximate surface area is 168 Å². The molecule has 0 spiro atoms. The van der Waals surface area contributed by atoms with E-state index in [1.807, 2.05) is 0 Å². The Balaban J connectivity index is 0.00000225. The van der Waals surface area contributed by atoms with Gasteiger partial charge in [-0.05, 0) is 43.4 Å². The highest BCUT2D eigenvalue weighted by Gasteiger charge is 2.56. The molecule has 4 rings (SSSR count). The van der Waals surface area contributed by atoms with Gasteiger partial charge in [0, 0.05) is 30.7 Å². The topological polar surface area (TPSA) is 125 Å². The predicted molar refractivity (Wildman–Crippen MR) is 105 cm³/mol. The van der Waals surface area contributed by atoms with Gasteiger partial charge in [-0.2, -0.15) is 5.26 Å². The van der Waals surface area contributed by atoms with Crippen molar-refractivity contribution in [1.29, 1.82) is 5.26 Å². The van der Waals surface area contributed by atoms with Crippen molar-refractivity contribution in [2.24, 2.45) is 17.1 Å². The lowest BCUT2D eigenvalue weighted by atomic mass is 9.83. The first-order valence-electron chi connectivity index (χ1n) is 8.76. The van der Waals surface area contributed by atoms with E-state index in [-0.39, 0.29) is 24.2 Å². The molecule has 9 heteroatoms. The van der Waals surface area contributed by atoms with Crippen molar-refractivity contribution in [3.8, 4) is 6.07 Å². The largest absolute Gasteiger partial charge is 0.366 e. The van der Waals surface area contributed by atoms with Crippen molar-refractivity contribution >= 4 is 41.5 Å². The van der Waals surface area contributed by atoms with Crippen LogP contribution in [-0.2, 0) is 4.79 Å². The molecule has 2 fully saturated rings. The van der Waals surface area contributed by atoms with Crippen LogP contribution in [0, 0.1) is 22.7 Å². The third-order valence-corrected chi connectivity index (χ3v) is 5.19. The van der Waals surface area contributed by atoms with Crippen LogP contribution in [0.25, 0.3) is 0 Å². The second-order valence-corrected chi connectivity index (χ2v) is 6.88. The lowest BCUT2D eigenvalue weighted by molar-refractivity contribution is -0.123. The van der Waals surface area contributed by atoms with Crippen molar-refractivity contribution in [2.75, 3.05) is 16.8 Å². The van der Waals surface area contributed by atoms with Crippen molar-refractivity contribution in [2.45, 2.75) is 19.3 Å². The van der Waals surface area contributed by atoms with Crippen LogP contribution in [0.5, 0.6) is 0 Å². The van der Waals surface area contributed by atoms with Gasteiger partial charge in [0.2, 0.25) is 11.8 Å². The summed E-state index contributed by atoms with van der Waals surface area (Å²) in [5.74, 6) is 0.543. The molecule has 144 valence electrons. The monoisotopic (exact) mass is 398 g/mol. The average Bonchev–Trinajstić information content (AvgIpc) is 3.47. The number of amides is 2. The van der Waals surface area contributed by atoms with E-state index < -0.39 is 11.3 Å². The van der Waals surface area contributed by atoms with Crippen LogP contribution < -0.4 is 16.0 Å². The van der Waals surface area contributed by atoms with E-state index in [1.165, 1.54) is 6.20 Å². The standard InChI is InChI=1S/C19H18N6O2.ClH/c20-11-19(13-2-3-13)6-8-25(18(19)27)14-5-7-22-16(9-14)24-15-4-1-12(10-23-15)17(21)26;/h1,4-5,7,9-10,13H,2-3,6,8H2,(H2,21,26)(H,22,23,24);1H/t19-;/m1./s1. The number of carbonyl (C=O) groups is 2. The summed E-state index contributed by atoms with van der Waals surface area (Å²) in [4.78, 5) is 34.1. The maximum atomic E-state index is 12.9. The van der Waals surface area contributed by atoms with E-state index in [0.29, 0.717) is 35.9 Å². The molecule has 3 heterocycles. The summed E-state index contributed by atoms with van der Waals surface area (Å²) < 4.78 is 0. The molecule has 2 amide bonds. The molecule has 28 heavy (non-hydrogen) atoms. The van der Waals surface area contributed by atoms with Gasteiger partial charge in [-0.25, -0.2) is 9.97 Å². The zero-order valence-corrected chi connectivity index (χ0v) is 15.8. The van der Waals surface area contributed by atoms with Crippen LogP contribution in [-0.4, -0.2) is 28.3 Å². The zero-order valence-electron chi connectivity index (χ0n) is 15.0. The first-order valence-corrected chi connectivity index (χ1v) is 8.76. The number of hydrogen-bond donors (Lipinski definition) is 2. The first-order chi connectivity index (χ1) is 13.0. The van der Waals surface area contributed by atoms with Crippen molar-refractivity contribution in [3.63, 3.8) is 0 Å². The molecule has 1 atom stereocenters. The smallest absolute Gasteiger partial charge is 0.250 e. The van der Waals surface area contributed by atoms with E-state index in [1.54, 1.807) is 35.4 Å². The third-order valence-electron chi connectivity index (χ3n) is 5.19. The van der Waals surface area contributed by atoms with E-state index in [9.17, 15) is 14.9 Å². The van der Waals surface area contributed by atoms with Gasteiger partial charge in [-0.1, -0.05) is 0 Å². The molecule has 1 saturated carbocycles. The second-order valence-electron chi connectivity index (χ2n) is 6.88. The highest BCUT2D eigenvalue weighted by molar-refractivity contribution is 6.02. The van der Waals surface area contributed by atoms with Crippen LogP contribution in [0.2, 0.25) is 0 Å². The number of hydrogen-bond acceptors (Lipinski definition) is 6. The maximum absolute atomic E-state index is 12.9. The Morgan fingerprint density at radius 1 is 1.29 bits per heavy atom. The summed E-state index contributed by atoms with van der Waals surface area (Å²) in [6, 6.07) is 9.00. The molecule has 3 N–H and O–H groups in total. The Morgan fingerprint density at radius 2 is 2.07 bits per heavy atom. The number of nitrogens with zero attached hydrogens (tertiary/aromatic N) is 4. The summed E-state index contributed by atoms with van der Waals surface area (Å²) in [6.45, 7) is 0.526. The Morgan fingerprint density at radius 3 is 2.68 bits per heavy atom. The number of rotatable bonds is 5. The minimum Gasteiger partial charge on any atom is -0.366 e. The zero-order chi connectivity index (χ0) is 19.0. The molecule has 1 aliphatic carbocycles. The number of primary amides is 1. The number of pyridine rings is 2. The number of anilines is 3. The van der Waals surface area contributed by atoms with E-state index in [4.69, 9.17) is 5.73 Å². The fourth-order valence-corrected chi connectivity index (χ4v) is 3.53. The van der Waals surface area contributed by atoms with Gasteiger partial charge in [-0.3, -0.25) is 9.59 Å². The lowest BCUT2D eigenvalue weighted by Gasteiger charge is -2.21. The number of halogens is 1. The van der Waals surface area contributed by atoms with Gasteiger partial charge < -0.3 is 16.0 Å². The van der Waals surface area contributed by atoms with E-state index in [2.05, 4.69) is 21.4 Å². The number of nitrogens with two attached hydrogens (primary N) is 1. The molecule has 2 aromatic rings. The quantitative estimate of drug-likeness (QED) is 0.796. The summed E-state index contributed by atoms with van der Waals surface area (Å²) in [5, 5.41) is 12.7. The lowest BCUT2D eigenvalue weighted by Crippen LogP contribution is -2.35. The highest BCUT2D eigenvalue weighted by Crippen LogP contribution is 2.51. The van der Waals surface area contributed by atoms with Gasteiger partial charge in [0.25, 0.3) is 0 Å². The average molecular weight is 399 g/mol. The molecule has 0 bridgehead atoms. The molecule has 2 aliphatic rings. The van der Waals surface area contributed by atoms with Gasteiger partial charge in [0.05, 0.1) is 11.6 Å². The Hall–Kier alpha value is -3.18. The normalized spacial score (nSPS) is 21.0. The fourth-order valence-electron chi connectivity index (χ4n) is 3.53. The minimum absolute atomic E-state index is 0. The number of nitriles is 1. The summed E-state index contributed by atoms with van der Waals surface area (Å²) in [5.41, 5.74) is 5.35. The molecule has 8 nitrogen and oxygen atoms in total. The van der Waals surface area contributed by atoms with Crippen LogP contribution in [0.1, 0.15) is 29.6 Å². The number of carbonyl (C=O) groups excluding carboxylic acids is 2. The van der Waals surface area contributed by atoms with Crippen molar-refractivity contribution in [3.05, 3.63) is 42.2 Å². The van der Waals surface area contributed by atoms with Gasteiger partial charge >= 0.3 is 0 Å². The first kappa shape index (κ1) is 19.6. The highest BCUT2D eigenvalue weighted by atomic mass is 35.5. The molecule has 1 saturated heterocycles. The van der Waals surface area contributed by atoms with Crippen LogP contribution in [0.3, 0.4) is 0 Å². The summed E-state index contributed by atoms with van der Waals surface area (Å²) in [6.07, 6.45) is 5.45. The summed E-state index contributed by atoms with van der Waals surface area (Å²) in [7, 11) is 0. The molecule has 0 radical (unpaired) electrons. The fraction of sp³-hybridized carbons (Fsp3) is 0.316. The van der Waals surface area contributed by atoms with E-state index >= 15 is 0 Å². The van der Waals surface area contributed by atoms with Crippen LogP contribution in [0.15, 0.2) is 36.7 Å².